The molecule has 2 rings (SSSR count). The second kappa shape index (κ2) is 7.14. The SMILES string of the molecule is CC(C)C1CCC(=O)C(CCSc2ccccc2)C1. The van der Waals surface area contributed by atoms with Crippen LogP contribution in [0, 0.1) is 17.8 Å². The summed E-state index contributed by atoms with van der Waals surface area (Å²) in [5.41, 5.74) is 0. The van der Waals surface area contributed by atoms with Crippen molar-refractivity contribution in [1.82, 2.24) is 0 Å². The van der Waals surface area contributed by atoms with E-state index in [0.29, 0.717) is 11.7 Å². The Labute approximate surface area is 121 Å². The van der Waals surface area contributed by atoms with Crippen molar-refractivity contribution in [1.29, 1.82) is 0 Å². The van der Waals surface area contributed by atoms with Gasteiger partial charge in [0.2, 0.25) is 0 Å². The maximum Gasteiger partial charge on any atom is 0.136 e. The highest BCUT2D eigenvalue weighted by atomic mass is 32.2. The van der Waals surface area contributed by atoms with Gasteiger partial charge in [-0.2, -0.15) is 0 Å². The van der Waals surface area contributed by atoms with Crippen LogP contribution in [-0.4, -0.2) is 11.5 Å². The fourth-order valence-electron chi connectivity index (χ4n) is 2.87. The molecule has 0 heterocycles. The van der Waals surface area contributed by atoms with Crippen LogP contribution in [0.1, 0.15) is 39.5 Å². The molecule has 1 nitrogen and oxygen atoms in total. The lowest BCUT2D eigenvalue weighted by Gasteiger charge is -2.30. The Morgan fingerprint density at radius 2 is 2.00 bits per heavy atom. The van der Waals surface area contributed by atoms with Gasteiger partial charge in [-0.1, -0.05) is 32.0 Å². The summed E-state index contributed by atoms with van der Waals surface area (Å²) in [6.45, 7) is 4.58. The Kier molecular flexibility index (Phi) is 5.50. The van der Waals surface area contributed by atoms with Crippen molar-refractivity contribution in [3.05, 3.63) is 30.3 Å². The van der Waals surface area contributed by atoms with Gasteiger partial charge in [0.05, 0.1) is 0 Å². The summed E-state index contributed by atoms with van der Waals surface area (Å²) in [4.78, 5) is 13.3. The molecule has 1 aromatic rings. The lowest BCUT2D eigenvalue weighted by Crippen LogP contribution is -2.27. The molecule has 2 heteroatoms. The molecule has 0 spiro atoms. The van der Waals surface area contributed by atoms with Crippen molar-refractivity contribution in [3.8, 4) is 0 Å². The average Bonchev–Trinajstić information content (AvgIpc) is 2.42. The first-order valence-corrected chi connectivity index (χ1v) is 8.36. The van der Waals surface area contributed by atoms with E-state index in [4.69, 9.17) is 0 Å². The number of hydrogen-bond donors (Lipinski definition) is 0. The van der Waals surface area contributed by atoms with Gasteiger partial charge >= 0.3 is 0 Å². The first-order chi connectivity index (χ1) is 9.16. The van der Waals surface area contributed by atoms with Crippen LogP contribution in [0.15, 0.2) is 35.2 Å². The van der Waals surface area contributed by atoms with E-state index in [-0.39, 0.29) is 0 Å². The van der Waals surface area contributed by atoms with Crippen LogP contribution >= 0.6 is 11.8 Å². The second-order valence-corrected chi connectivity index (χ2v) is 7.06. The second-order valence-electron chi connectivity index (χ2n) is 5.89. The maximum absolute atomic E-state index is 12.0. The maximum atomic E-state index is 12.0. The lowest BCUT2D eigenvalue weighted by atomic mass is 9.75. The molecule has 1 fully saturated rings. The minimum atomic E-state index is 0.317. The molecule has 0 aliphatic heterocycles. The van der Waals surface area contributed by atoms with Gasteiger partial charge in [0, 0.05) is 17.2 Å². The number of ketones is 1. The fraction of sp³-hybridized carbons (Fsp3) is 0.588. The molecule has 0 aromatic heterocycles. The Morgan fingerprint density at radius 3 is 2.68 bits per heavy atom. The molecule has 2 atom stereocenters. The summed E-state index contributed by atoms with van der Waals surface area (Å²) in [6, 6.07) is 10.5. The third-order valence-corrected chi connectivity index (χ3v) is 5.27. The highest BCUT2D eigenvalue weighted by molar-refractivity contribution is 7.99. The minimum absolute atomic E-state index is 0.317. The molecule has 2 unspecified atom stereocenters. The van der Waals surface area contributed by atoms with Crippen molar-refractivity contribution in [2.75, 3.05) is 5.75 Å². The predicted molar refractivity (Wildman–Crippen MR) is 82.5 cm³/mol. The van der Waals surface area contributed by atoms with Crippen molar-refractivity contribution < 1.29 is 4.79 Å². The number of benzene rings is 1. The van der Waals surface area contributed by atoms with Crippen LogP contribution in [0.2, 0.25) is 0 Å². The zero-order chi connectivity index (χ0) is 13.7. The van der Waals surface area contributed by atoms with Crippen molar-refractivity contribution in [3.63, 3.8) is 0 Å². The largest absolute Gasteiger partial charge is 0.299 e. The molecule has 0 bridgehead atoms. The highest BCUT2D eigenvalue weighted by Crippen LogP contribution is 2.34. The van der Waals surface area contributed by atoms with Gasteiger partial charge in [0.15, 0.2) is 0 Å². The van der Waals surface area contributed by atoms with E-state index < -0.39 is 0 Å². The normalized spacial score (nSPS) is 23.8. The summed E-state index contributed by atoms with van der Waals surface area (Å²) in [6.07, 6.45) is 4.08. The van der Waals surface area contributed by atoms with Gasteiger partial charge in [-0.05, 0) is 49.0 Å². The van der Waals surface area contributed by atoms with Crippen LogP contribution in [0.5, 0.6) is 0 Å². The van der Waals surface area contributed by atoms with Crippen LogP contribution in [0.25, 0.3) is 0 Å². The Balaban J connectivity index is 1.79. The van der Waals surface area contributed by atoms with Crippen molar-refractivity contribution >= 4 is 17.5 Å². The number of thioether (sulfide) groups is 1. The molecule has 0 amide bonds. The van der Waals surface area contributed by atoms with E-state index in [9.17, 15) is 4.79 Å². The summed E-state index contributed by atoms with van der Waals surface area (Å²) in [5.74, 6) is 3.36. The van der Waals surface area contributed by atoms with Gasteiger partial charge in [-0.15, -0.1) is 11.8 Å². The Bertz CT molecular complexity index is 399. The van der Waals surface area contributed by atoms with E-state index in [0.717, 1.165) is 43.3 Å². The third-order valence-electron chi connectivity index (χ3n) is 4.23. The third kappa shape index (κ3) is 4.38. The molecule has 0 saturated heterocycles. The lowest BCUT2D eigenvalue weighted by molar-refractivity contribution is -0.126. The molecule has 1 aromatic carbocycles. The topological polar surface area (TPSA) is 17.1 Å². The molecular formula is C17H24OS. The van der Waals surface area contributed by atoms with Gasteiger partial charge in [0.1, 0.15) is 5.78 Å². The molecule has 1 saturated carbocycles. The molecule has 0 N–H and O–H groups in total. The molecule has 19 heavy (non-hydrogen) atoms. The van der Waals surface area contributed by atoms with Crippen LogP contribution < -0.4 is 0 Å². The molecule has 1 aliphatic rings. The quantitative estimate of drug-likeness (QED) is 0.718. The van der Waals surface area contributed by atoms with Gasteiger partial charge in [0.25, 0.3) is 0 Å². The standard InChI is InChI=1S/C17H24OS/c1-13(2)14-8-9-17(18)15(12-14)10-11-19-16-6-4-3-5-7-16/h3-7,13-15H,8-12H2,1-2H3. The Morgan fingerprint density at radius 1 is 1.26 bits per heavy atom. The number of Topliss-reactive ketones (excluding diaryl/α,β-unsaturated/α-hetero) is 1. The number of carbonyl (C=O) groups excluding carboxylic acids is 1. The minimum Gasteiger partial charge on any atom is -0.299 e. The van der Waals surface area contributed by atoms with Crippen LogP contribution in [-0.2, 0) is 4.79 Å². The number of rotatable bonds is 5. The van der Waals surface area contributed by atoms with Crippen LogP contribution in [0.4, 0.5) is 0 Å². The van der Waals surface area contributed by atoms with Gasteiger partial charge in [-0.25, -0.2) is 0 Å². The highest BCUT2D eigenvalue weighted by Gasteiger charge is 2.29. The summed E-state index contributed by atoms with van der Waals surface area (Å²) >= 11 is 1.87. The fourth-order valence-corrected chi connectivity index (χ4v) is 3.85. The monoisotopic (exact) mass is 276 g/mol. The van der Waals surface area contributed by atoms with Crippen molar-refractivity contribution in [2.24, 2.45) is 17.8 Å². The summed E-state index contributed by atoms with van der Waals surface area (Å²) < 4.78 is 0. The smallest absolute Gasteiger partial charge is 0.136 e. The molecule has 1 aliphatic carbocycles. The molecular weight excluding hydrogens is 252 g/mol. The van der Waals surface area contributed by atoms with Crippen LogP contribution in [0.3, 0.4) is 0 Å². The molecule has 104 valence electrons. The number of hydrogen-bond acceptors (Lipinski definition) is 2. The van der Waals surface area contributed by atoms with Gasteiger partial charge in [-0.3, -0.25) is 4.79 Å². The average molecular weight is 276 g/mol. The predicted octanol–water partition coefficient (Wildman–Crippen LogP) is 4.81. The van der Waals surface area contributed by atoms with E-state index >= 15 is 0 Å². The molecule has 0 radical (unpaired) electrons. The summed E-state index contributed by atoms with van der Waals surface area (Å²) in [7, 11) is 0. The summed E-state index contributed by atoms with van der Waals surface area (Å²) in [5, 5.41) is 0. The Hall–Kier alpha value is -0.760. The van der Waals surface area contributed by atoms with E-state index in [1.807, 2.05) is 17.8 Å². The first-order valence-electron chi connectivity index (χ1n) is 7.37. The van der Waals surface area contributed by atoms with E-state index in [1.54, 1.807) is 0 Å². The van der Waals surface area contributed by atoms with Gasteiger partial charge < -0.3 is 0 Å². The van der Waals surface area contributed by atoms with Crippen molar-refractivity contribution in [2.45, 2.75) is 44.4 Å². The van der Waals surface area contributed by atoms with E-state index in [2.05, 4.69) is 38.1 Å². The zero-order valence-corrected chi connectivity index (χ0v) is 12.8. The number of carbonyl (C=O) groups is 1. The zero-order valence-electron chi connectivity index (χ0n) is 12.0. The van der Waals surface area contributed by atoms with E-state index in [1.165, 1.54) is 4.90 Å². The first kappa shape index (κ1) is 14.6.